The SMILES string of the molecule is CC[C@@H](O)C1(C)CCCO1. The summed E-state index contributed by atoms with van der Waals surface area (Å²) in [7, 11) is 0. The van der Waals surface area contributed by atoms with Crippen molar-refractivity contribution in [2.24, 2.45) is 0 Å². The van der Waals surface area contributed by atoms with Crippen LogP contribution in [-0.2, 0) is 4.74 Å². The quantitative estimate of drug-likeness (QED) is 0.633. The maximum absolute atomic E-state index is 9.49. The maximum Gasteiger partial charge on any atom is 0.0912 e. The molecule has 1 N–H and O–H groups in total. The van der Waals surface area contributed by atoms with Gasteiger partial charge in [-0.05, 0) is 26.2 Å². The van der Waals surface area contributed by atoms with E-state index in [0.29, 0.717) is 0 Å². The molecule has 1 aliphatic heterocycles. The fraction of sp³-hybridized carbons (Fsp3) is 1.00. The predicted octanol–water partition coefficient (Wildman–Crippen LogP) is 1.33. The highest BCUT2D eigenvalue weighted by atomic mass is 16.5. The van der Waals surface area contributed by atoms with Gasteiger partial charge in [-0.15, -0.1) is 0 Å². The van der Waals surface area contributed by atoms with Gasteiger partial charge in [-0.25, -0.2) is 0 Å². The molecule has 2 atom stereocenters. The summed E-state index contributed by atoms with van der Waals surface area (Å²) in [4.78, 5) is 0. The molecule has 0 aromatic heterocycles. The Bertz CT molecular complexity index is 106. The molecule has 10 heavy (non-hydrogen) atoms. The first-order valence-corrected chi connectivity index (χ1v) is 4.01. The van der Waals surface area contributed by atoms with Crippen LogP contribution in [0.5, 0.6) is 0 Å². The minimum absolute atomic E-state index is 0.241. The first-order chi connectivity index (χ1) is 4.69. The highest BCUT2D eigenvalue weighted by molar-refractivity contribution is 4.86. The van der Waals surface area contributed by atoms with Gasteiger partial charge in [0.1, 0.15) is 0 Å². The van der Waals surface area contributed by atoms with Crippen molar-refractivity contribution >= 4 is 0 Å². The third-order valence-corrected chi connectivity index (χ3v) is 2.34. The van der Waals surface area contributed by atoms with Gasteiger partial charge in [-0.3, -0.25) is 0 Å². The molecule has 1 fully saturated rings. The summed E-state index contributed by atoms with van der Waals surface area (Å²) >= 11 is 0. The molecule has 2 heteroatoms. The Balaban J connectivity index is 2.49. The first kappa shape index (κ1) is 8.02. The number of hydrogen-bond acceptors (Lipinski definition) is 2. The van der Waals surface area contributed by atoms with Crippen LogP contribution in [0, 0.1) is 0 Å². The minimum atomic E-state index is -0.282. The van der Waals surface area contributed by atoms with Crippen molar-refractivity contribution in [3.8, 4) is 0 Å². The molecule has 0 radical (unpaired) electrons. The highest BCUT2D eigenvalue weighted by Gasteiger charge is 2.35. The molecular weight excluding hydrogens is 128 g/mol. The number of aliphatic hydroxyl groups excluding tert-OH is 1. The molecule has 0 aliphatic carbocycles. The average molecular weight is 144 g/mol. The van der Waals surface area contributed by atoms with Crippen molar-refractivity contribution in [2.45, 2.75) is 44.8 Å². The van der Waals surface area contributed by atoms with Gasteiger partial charge in [-0.2, -0.15) is 0 Å². The molecule has 0 bridgehead atoms. The highest BCUT2D eigenvalue weighted by Crippen LogP contribution is 2.29. The summed E-state index contributed by atoms with van der Waals surface area (Å²) in [6.45, 7) is 4.79. The third-order valence-electron chi connectivity index (χ3n) is 2.34. The van der Waals surface area contributed by atoms with E-state index in [0.717, 1.165) is 25.9 Å². The molecular formula is C8H16O2. The van der Waals surface area contributed by atoms with Crippen LogP contribution < -0.4 is 0 Å². The molecule has 0 aromatic carbocycles. The fourth-order valence-corrected chi connectivity index (χ4v) is 1.50. The van der Waals surface area contributed by atoms with Gasteiger partial charge in [0.25, 0.3) is 0 Å². The van der Waals surface area contributed by atoms with Crippen molar-refractivity contribution in [1.82, 2.24) is 0 Å². The number of hydrogen-bond donors (Lipinski definition) is 1. The Hall–Kier alpha value is -0.0800. The van der Waals surface area contributed by atoms with Crippen molar-refractivity contribution in [1.29, 1.82) is 0 Å². The lowest BCUT2D eigenvalue weighted by Crippen LogP contribution is -2.37. The standard InChI is InChI=1S/C8H16O2/c1-3-7(9)8(2)5-4-6-10-8/h7,9H,3-6H2,1-2H3/t7-,8?/m1/s1. The zero-order valence-corrected chi connectivity index (χ0v) is 6.76. The van der Waals surface area contributed by atoms with E-state index in [1.807, 2.05) is 13.8 Å². The van der Waals surface area contributed by atoms with Crippen molar-refractivity contribution in [3.05, 3.63) is 0 Å². The summed E-state index contributed by atoms with van der Waals surface area (Å²) in [6.07, 6.45) is 2.60. The molecule has 1 saturated heterocycles. The summed E-state index contributed by atoms with van der Waals surface area (Å²) < 4.78 is 5.44. The Kier molecular flexibility index (Phi) is 2.32. The lowest BCUT2D eigenvalue weighted by Gasteiger charge is -2.28. The largest absolute Gasteiger partial charge is 0.390 e. The smallest absolute Gasteiger partial charge is 0.0912 e. The first-order valence-electron chi connectivity index (χ1n) is 4.01. The number of aliphatic hydroxyl groups is 1. The van der Waals surface area contributed by atoms with Crippen LogP contribution in [0.3, 0.4) is 0 Å². The van der Waals surface area contributed by atoms with Gasteiger partial charge >= 0.3 is 0 Å². The Morgan fingerprint density at radius 2 is 2.40 bits per heavy atom. The van der Waals surface area contributed by atoms with Crippen molar-refractivity contribution < 1.29 is 9.84 Å². The van der Waals surface area contributed by atoms with Crippen LogP contribution in [0.4, 0.5) is 0 Å². The van der Waals surface area contributed by atoms with Gasteiger partial charge in [-0.1, -0.05) is 6.92 Å². The summed E-state index contributed by atoms with van der Waals surface area (Å²) in [5.41, 5.74) is -0.241. The molecule has 0 saturated carbocycles. The van der Waals surface area contributed by atoms with E-state index in [2.05, 4.69) is 0 Å². The second-order valence-electron chi connectivity index (χ2n) is 3.19. The maximum atomic E-state index is 9.49. The van der Waals surface area contributed by atoms with Crippen LogP contribution >= 0.6 is 0 Å². The van der Waals surface area contributed by atoms with E-state index in [1.54, 1.807) is 0 Å². The van der Waals surface area contributed by atoms with Crippen LogP contribution in [0.2, 0.25) is 0 Å². The van der Waals surface area contributed by atoms with Gasteiger partial charge in [0.2, 0.25) is 0 Å². The average Bonchev–Trinajstić information content (AvgIpc) is 2.36. The van der Waals surface area contributed by atoms with E-state index >= 15 is 0 Å². The summed E-state index contributed by atoms with van der Waals surface area (Å²) in [5.74, 6) is 0. The van der Waals surface area contributed by atoms with Gasteiger partial charge in [0.15, 0.2) is 0 Å². The van der Waals surface area contributed by atoms with E-state index in [-0.39, 0.29) is 11.7 Å². The predicted molar refractivity (Wildman–Crippen MR) is 39.9 cm³/mol. The molecule has 0 aromatic rings. The number of rotatable bonds is 2. The monoisotopic (exact) mass is 144 g/mol. The normalized spacial score (nSPS) is 36.3. The topological polar surface area (TPSA) is 29.5 Å². The third kappa shape index (κ3) is 1.32. The lowest BCUT2D eigenvalue weighted by atomic mass is 9.94. The van der Waals surface area contributed by atoms with Gasteiger partial charge in [0.05, 0.1) is 11.7 Å². The van der Waals surface area contributed by atoms with Crippen LogP contribution in [-0.4, -0.2) is 23.4 Å². The Morgan fingerprint density at radius 3 is 2.80 bits per heavy atom. The molecule has 1 aliphatic rings. The van der Waals surface area contributed by atoms with Crippen LogP contribution in [0.15, 0.2) is 0 Å². The van der Waals surface area contributed by atoms with E-state index in [4.69, 9.17) is 4.74 Å². The van der Waals surface area contributed by atoms with Crippen molar-refractivity contribution in [2.75, 3.05) is 6.61 Å². The summed E-state index contributed by atoms with van der Waals surface area (Å²) in [5, 5.41) is 9.49. The van der Waals surface area contributed by atoms with Crippen LogP contribution in [0.25, 0.3) is 0 Å². The fourth-order valence-electron chi connectivity index (χ4n) is 1.50. The molecule has 0 spiro atoms. The van der Waals surface area contributed by atoms with E-state index < -0.39 is 0 Å². The van der Waals surface area contributed by atoms with Gasteiger partial charge < -0.3 is 9.84 Å². The molecule has 1 heterocycles. The summed E-state index contributed by atoms with van der Waals surface area (Å²) in [6, 6.07) is 0. The second-order valence-corrected chi connectivity index (χ2v) is 3.19. The van der Waals surface area contributed by atoms with E-state index in [1.165, 1.54) is 0 Å². The molecule has 2 nitrogen and oxygen atoms in total. The Labute approximate surface area is 62.2 Å². The Morgan fingerprint density at radius 1 is 1.70 bits per heavy atom. The second kappa shape index (κ2) is 2.89. The zero-order valence-electron chi connectivity index (χ0n) is 6.76. The van der Waals surface area contributed by atoms with Crippen LogP contribution in [0.1, 0.15) is 33.1 Å². The molecule has 1 rings (SSSR count). The molecule has 0 amide bonds. The lowest BCUT2D eigenvalue weighted by molar-refractivity contribution is -0.0784. The minimum Gasteiger partial charge on any atom is -0.390 e. The van der Waals surface area contributed by atoms with E-state index in [9.17, 15) is 5.11 Å². The van der Waals surface area contributed by atoms with Gasteiger partial charge in [0, 0.05) is 6.61 Å². The van der Waals surface area contributed by atoms with Crippen molar-refractivity contribution in [3.63, 3.8) is 0 Å². The zero-order chi connectivity index (χ0) is 7.61. The number of ether oxygens (including phenoxy) is 1. The molecule has 60 valence electrons. The molecule has 1 unspecified atom stereocenters.